The standard InChI is InChI=1S/C16H29N7O5/c1-8(2)12(15(25)26)21-16(27)20-10(7-11(19)24)14-22-13(23-28-14)9(18)5-3-4-6-17/h8-10,12H,3-7,17-18H2,1-2H3,(H2,19,24)(H,25,26)(H2,20,21,27)/t9-,10?,12-/m0/s1. The Hall–Kier alpha value is -2.73. The maximum absolute atomic E-state index is 12.2. The van der Waals surface area contributed by atoms with Gasteiger partial charge in [0, 0.05) is 0 Å². The van der Waals surface area contributed by atoms with E-state index < -0.39 is 36.0 Å². The number of urea groups is 1. The van der Waals surface area contributed by atoms with E-state index in [1.54, 1.807) is 13.8 Å². The fourth-order valence-corrected chi connectivity index (χ4v) is 2.43. The van der Waals surface area contributed by atoms with E-state index in [2.05, 4.69) is 20.8 Å². The Labute approximate surface area is 162 Å². The summed E-state index contributed by atoms with van der Waals surface area (Å²) in [5.74, 6) is -2.06. The lowest BCUT2D eigenvalue weighted by Crippen LogP contribution is -2.49. The van der Waals surface area contributed by atoms with Gasteiger partial charge in [0.05, 0.1) is 12.5 Å². The summed E-state index contributed by atoms with van der Waals surface area (Å²) in [7, 11) is 0. The van der Waals surface area contributed by atoms with E-state index in [1.165, 1.54) is 0 Å². The first-order valence-corrected chi connectivity index (χ1v) is 9.03. The van der Waals surface area contributed by atoms with Crippen LogP contribution < -0.4 is 27.8 Å². The highest BCUT2D eigenvalue weighted by atomic mass is 16.5. The second-order valence-electron chi connectivity index (χ2n) is 6.78. The Morgan fingerprint density at radius 3 is 2.43 bits per heavy atom. The molecule has 1 heterocycles. The molecule has 1 aromatic rings. The van der Waals surface area contributed by atoms with Gasteiger partial charge in [-0.2, -0.15) is 4.98 Å². The van der Waals surface area contributed by atoms with E-state index in [-0.39, 0.29) is 24.1 Å². The average molecular weight is 399 g/mol. The van der Waals surface area contributed by atoms with Gasteiger partial charge in [0.15, 0.2) is 5.82 Å². The minimum Gasteiger partial charge on any atom is -0.480 e. The molecule has 0 saturated carbocycles. The van der Waals surface area contributed by atoms with Crippen LogP contribution in [0.2, 0.25) is 0 Å². The number of aromatic nitrogens is 2. The summed E-state index contributed by atoms with van der Waals surface area (Å²) < 4.78 is 5.12. The number of unbranched alkanes of at least 4 members (excludes halogenated alkanes) is 1. The number of rotatable bonds is 12. The maximum atomic E-state index is 12.2. The number of nitrogens with two attached hydrogens (primary N) is 3. The maximum Gasteiger partial charge on any atom is 0.326 e. The minimum absolute atomic E-state index is 0.0466. The van der Waals surface area contributed by atoms with Gasteiger partial charge >= 0.3 is 12.0 Å². The monoisotopic (exact) mass is 399 g/mol. The summed E-state index contributed by atoms with van der Waals surface area (Å²) in [6.45, 7) is 3.85. The number of carbonyl (C=O) groups excluding carboxylic acids is 2. The highest BCUT2D eigenvalue weighted by Crippen LogP contribution is 2.19. The Morgan fingerprint density at radius 2 is 1.89 bits per heavy atom. The number of aliphatic carboxylic acids is 1. The fourth-order valence-electron chi connectivity index (χ4n) is 2.43. The van der Waals surface area contributed by atoms with E-state index in [0.29, 0.717) is 13.0 Å². The summed E-state index contributed by atoms with van der Waals surface area (Å²) in [6.07, 6.45) is 1.89. The third kappa shape index (κ3) is 7.48. The lowest BCUT2D eigenvalue weighted by molar-refractivity contribution is -0.140. The second-order valence-corrected chi connectivity index (χ2v) is 6.78. The van der Waals surface area contributed by atoms with Crippen LogP contribution in [0.1, 0.15) is 63.3 Å². The van der Waals surface area contributed by atoms with Gasteiger partial charge in [-0.1, -0.05) is 25.4 Å². The number of carbonyl (C=O) groups is 3. The topological polar surface area (TPSA) is 212 Å². The van der Waals surface area contributed by atoms with Crippen molar-refractivity contribution >= 4 is 17.9 Å². The summed E-state index contributed by atoms with van der Waals surface area (Å²) >= 11 is 0. The second kappa shape index (κ2) is 11.2. The first kappa shape index (κ1) is 23.3. The number of carboxylic acids is 1. The van der Waals surface area contributed by atoms with Crippen molar-refractivity contribution in [2.75, 3.05) is 6.54 Å². The predicted molar refractivity (Wildman–Crippen MR) is 98.6 cm³/mol. The van der Waals surface area contributed by atoms with Crippen LogP contribution in [-0.2, 0) is 9.59 Å². The summed E-state index contributed by atoms with van der Waals surface area (Å²) in [6, 6.07) is -3.41. The Balaban J connectivity index is 2.84. The van der Waals surface area contributed by atoms with Gasteiger partial charge in [-0.3, -0.25) is 4.79 Å². The molecular formula is C16H29N7O5. The zero-order valence-electron chi connectivity index (χ0n) is 16.1. The molecule has 158 valence electrons. The SMILES string of the molecule is CC(C)[C@H](NC(=O)NC(CC(N)=O)c1nc([C@@H](N)CCCCN)no1)C(=O)O. The minimum atomic E-state index is -1.18. The van der Waals surface area contributed by atoms with Gasteiger partial charge in [-0.05, 0) is 25.3 Å². The molecule has 1 rings (SSSR count). The average Bonchev–Trinajstić information content (AvgIpc) is 3.08. The smallest absolute Gasteiger partial charge is 0.326 e. The van der Waals surface area contributed by atoms with Crippen LogP contribution in [0.5, 0.6) is 0 Å². The molecule has 0 saturated heterocycles. The normalized spacial score (nSPS) is 14.3. The van der Waals surface area contributed by atoms with Crippen molar-refractivity contribution in [1.29, 1.82) is 0 Å². The van der Waals surface area contributed by atoms with Crippen LogP contribution in [0.25, 0.3) is 0 Å². The fraction of sp³-hybridized carbons (Fsp3) is 0.688. The number of hydrogen-bond acceptors (Lipinski definition) is 8. The van der Waals surface area contributed by atoms with Crippen molar-refractivity contribution in [3.8, 4) is 0 Å². The molecule has 3 atom stereocenters. The quantitative estimate of drug-likeness (QED) is 0.250. The zero-order chi connectivity index (χ0) is 21.3. The molecule has 0 aliphatic heterocycles. The van der Waals surface area contributed by atoms with Crippen LogP contribution in [0, 0.1) is 5.92 Å². The van der Waals surface area contributed by atoms with Gasteiger partial charge in [0.25, 0.3) is 0 Å². The molecule has 0 fully saturated rings. The molecule has 0 bridgehead atoms. The third-order valence-corrected chi connectivity index (χ3v) is 3.99. The van der Waals surface area contributed by atoms with E-state index in [9.17, 15) is 14.4 Å². The first-order valence-electron chi connectivity index (χ1n) is 9.03. The van der Waals surface area contributed by atoms with E-state index in [1.807, 2.05) is 0 Å². The Kier molecular flexibility index (Phi) is 9.32. The Bertz CT molecular complexity index is 664. The molecule has 12 nitrogen and oxygen atoms in total. The number of carboxylic acid groups (broad SMARTS) is 1. The highest BCUT2D eigenvalue weighted by Gasteiger charge is 2.28. The molecule has 12 heteroatoms. The molecular weight excluding hydrogens is 370 g/mol. The highest BCUT2D eigenvalue weighted by molar-refractivity contribution is 5.83. The van der Waals surface area contributed by atoms with Crippen LogP contribution in [0.3, 0.4) is 0 Å². The van der Waals surface area contributed by atoms with Crippen LogP contribution in [-0.4, -0.2) is 45.7 Å². The zero-order valence-corrected chi connectivity index (χ0v) is 16.1. The van der Waals surface area contributed by atoms with Crippen molar-refractivity contribution in [2.24, 2.45) is 23.1 Å². The molecule has 0 aliphatic rings. The number of nitrogens with one attached hydrogen (secondary N) is 2. The van der Waals surface area contributed by atoms with Crippen molar-refractivity contribution in [3.05, 3.63) is 11.7 Å². The molecule has 0 aliphatic carbocycles. The molecule has 0 aromatic carbocycles. The number of amides is 3. The van der Waals surface area contributed by atoms with Crippen LogP contribution in [0.15, 0.2) is 4.52 Å². The van der Waals surface area contributed by atoms with Gasteiger partial charge in [-0.15, -0.1) is 0 Å². The lowest BCUT2D eigenvalue weighted by Gasteiger charge is -2.20. The molecule has 0 spiro atoms. The molecule has 9 N–H and O–H groups in total. The largest absolute Gasteiger partial charge is 0.480 e. The molecule has 1 unspecified atom stereocenters. The predicted octanol–water partition coefficient (Wildman–Crippen LogP) is -0.477. The van der Waals surface area contributed by atoms with Crippen molar-refractivity contribution in [3.63, 3.8) is 0 Å². The van der Waals surface area contributed by atoms with Crippen LogP contribution in [0.4, 0.5) is 4.79 Å². The number of hydrogen-bond donors (Lipinski definition) is 6. The van der Waals surface area contributed by atoms with E-state index in [4.69, 9.17) is 26.8 Å². The van der Waals surface area contributed by atoms with Gasteiger partial charge in [0.2, 0.25) is 11.8 Å². The van der Waals surface area contributed by atoms with Crippen LogP contribution >= 0.6 is 0 Å². The van der Waals surface area contributed by atoms with Crippen molar-refractivity contribution in [2.45, 2.75) is 57.7 Å². The summed E-state index contributed by atoms with van der Waals surface area (Å²) in [5.41, 5.74) is 16.7. The molecule has 1 aromatic heterocycles. The van der Waals surface area contributed by atoms with E-state index in [0.717, 1.165) is 12.8 Å². The number of nitrogens with zero attached hydrogens (tertiary/aromatic N) is 2. The van der Waals surface area contributed by atoms with Gasteiger partial charge in [0.1, 0.15) is 12.1 Å². The molecule has 3 amide bonds. The summed E-state index contributed by atoms with van der Waals surface area (Å²) in [5, 5.41) is 17.7. The summed E-state index contributed by atoms with van der Waals surface area (Å²) in [4.78, 5) is 38.9. The van der Waals surface area contributed by atoms with E-state index >= 15 is 0 Å². The van der Waals surface area contributed by atoms with Crippen molar-refractivity contribution < 1.29 is 24.0 Å². The molecule has 0 radical (unpaired) electrons. The Morgan fingerprint density at radius 1 is 1.21 bits per heavy atom. The number of primary amides is 1. The first-order chi connectivity index (χ1) is 13.1. The lowest BCUT2D eigenvalue weighted by atomic mass is 10.1. The molecule has 28 heavy (non-hydrogen) atoms. The van der Waals surface area contributed by atoms with Gasteiger partial charge in [-0.25, -0.2) is 9.59 Å². The van der Waals surface area contributed by atoms with Gasteiger partial charge < -0.3 is 37.5 Å². The van der Waals surface area contributed by atoms with Crippen molar-refractivity contribution in [1.82, 2.24) is 20.8 Å². The third-order valence-electron chi connectivity index (χ3n) is 3.99.